The van der Waals surface area contributed by atoms with E-state index < -0.39 is 31.1 Å². The van der Waals surface area contributed by atoms with Crippen molar-refractivity contribution in [3.63, 3.8) is 0 Å². The quantitative estimate of drug-likeness (QED) is 0.548. The van der Waals surface area contributed by atoms with E-state index in [1.54, 1.807) is 0 Å². The molecule has 0 atom stereocenters. The van der Waals surface area contributed by atoms with Gasteiger partial charge in [0.05, 0.1) is 0 Å². The minimum atomic E-state index is -4.38. The van der Waals surface area contributed by atoms with Gasteiger partial charge in [-0.15, -0.1) is 0 Å². The van der Waals surface area contributed by atoms with Crippen LogP contribution in [0.1, 0.15) is 33.7 Å². The highest BCUT2D eigenvalue weighted by Gasteiger charge is 2.30. The van der Waals surface area contributed by atoms with Crippen molar-refractivity contribution in [3.05, 3.63) is 58.9 Å². The molecule has 26 heavy (non-hydrogen) atoms. The zero-order valence-corrected chi connectivity index (χ0v) is 14.6. The van der Waals surface area contributed by atoms with Crippen molar-refractivity contribution in [2.75, 3.05) is 6.61 Å². The number of alkyl halides is 3. The molecular formula is C19H20F3NO3. The Balaban J connectivity index is 1.91. The summed E-state index contributed by atoms with van der Waals surface area (Å²) >= 11 is 0. The third-order valence-corrected chi connectivity index (χ3v) is 4.04. The number of benzene rings is 1. The molecule has 0 amide bonds. The first-order chi connectivity index (χ1) is 12.2. The van der Waals surface area contributed by atoms with Gasteiger partial charge in [-0.05, 0) is 31.9 Å². The van der Waals surface area contributed by atoms with Crippen LogP contribution >= 0.6 is 0 Å². The number of aryl methyl sites for hydroxylation is 2. The number of aromatic nitrogens is 1. The van der Waals surface area contributed by atoms with E-state index in [0.29, 0.717) is 12.1 Å². The number of ether oxygens (including phenoxy) is 1. The van der Waals surface area contributed by atoms with Gasteiger partial charge in [-0.2, -0.15) is 13.2 Å². The van der Waals surface area contributed by atoms with Gasteiger partial charge in [-0.3, -0.25) is 9.59 Å². The van der Waals surface area contributed by atoms with E-state index >= 15 is 0 Å². The molecule has 0 spiro atoms. The first kappa shape index (κ1) is 19.8. The van der Waals surface area contributed by atoms with Gasteiger partial charge in [-0.1, -0.05) is 30.3 Å². The highest BCUT2D eigenvalue weighted by atomic mass is 19.4. The summed E-state index contributed by atoms with van der Waals surface area (Å²) in [5, 5.41) is 0. The van der Waals surface area contributed by atoms with E-state index in [4.69, 9.17) is 4.74 Å². The number of hydrogen-bond acceptors (Lipinski definition) is 3. The minimum Gasteiger partial charge on any atom is -0.457 e. The van der Waals surface area contributed by atoms with Crippen molar-refractivity contribution in [2.24, 2.45) is 0 Å². The predicted octanol–water partition coefficient (Wildman–Crippen LogP) is 4.03. The lowest BCUT2D eigenvalue weighted by Crippen LogP contribution is -2.20. The molecule has 1 aromatic heterocycles. The second kappa shape index (κ2) is 8.21. The number of rotatable bonds is 7. The number of nitrogens with zero attached hydrogens (tertiary/aromatic N) is 1. The lowest BCUT2D eigenvalue weighted by Gasteiger charge is -2.12. The fourth-order valence-electron chi connectivity index (χ4n) is 2.69. The van der Waals surface area contributed by atoms with Crippen LogP contribution in [0.3, 0.4) is 0 Å². The topological polar surface area (TPSA) is 48.3 Å². The average molecular weight is 367 g/mol. The minimum absolute atomic E-state index is 0.129. The molecule has 0 bridgehead atoms. The van der Waals surface area contributed by atoms with Crippen LogP contribution in [0.25, 0.3) is 0 Å². The van der Waals surface area contributed by atoms with Crippen molar-refractivity contribution < 1.29 is 27.5 Å². The largest absolute Gasteiger partial charge is 0.457 e. The molecule has 0 saturated heterocycles. The van der Waals surface area contributed by atoms with Crippen molar-refractivity contribution in [2.45, 2.75) is 39.4 Å². The van der Waals surface area contributed by atoms with Crippen molar-refractivity contribution >= 4 is 11.8 Å². The molecule has 1 aromatic carbocycles. The third-order valence-electron chi connectivity index (χ3n) is 4.04. The summed E-state index contributed by atoms with van der Waals surface area (Å²) in [5.74, 6) is -1.04. The van der Waals surface area contributed by atoms with Crippen LogP contribution in [-0.4, -0.2) is 29.1 Å². The monoisotopic (exact) mass is 367 g/mol. The Kier molecular flexibility index (Phi) is 6.23. The molecular weight excluding hydrogens is 347 g/mol. The van der Waals surface area contributed by atoms with Crippen molar-refractivity contribution in [3.8, 4) is 0 Å². The van der Waals surface area contributed by atoms with Gasteiger partial charge in [0.1, 0.15) is 6.54 Å². The first-order valence-corrected chi connectivity index (χ1v) is 8.13. The number of esters is 1. The first-order valence-electron chi connectivity index (χ1n) is 8.13. The summed E-state index contributed by atoms with van der Waals surface area (Å²) in [4.78, 5) is 24.0. The van der Waals surface area contributed by atoms with E-state index in [-0.39, 0.29) is 17.7 Å². The molecule has 0 aliphatic rings. The van der Waals surface area contributed by atoms with E-state index in [0.717, 1.165) is 10.1 Å². The van der Waals surface area contributed by atoms with Crippen LogP contribution in [0.5, 0.6) is 0 Å². The van der Waals surface area contributed by atoms with E-state index in [1.807, 2.05) is 30.3 Å². The average Bonchev–Trinajstić information content (AvgIpc) is 2.85. The smallest absolute Gasteiger partial charge is 0.406 e. The van der Waals surface area contributed by atoms with Gasteiger partial charge in [0, 0.05) is 23.4 Å². The zero-order valence-electron chi connectivity index (χ0n) is 14.6. The van der Waals surface area contributed by atoms with Gasteiger partial charge in [0.25, 0.3) is 0 Å². The molecule has 0 aliphatic carbocycles. The van der Waals surface area contributed by atoms with Gasteiger partial charge >= 0.3 is 12.1 Å². The van der Waals surface area contributed by atoms with Crippen LogP contribution < -0.4 is 0 Å². The fraction of sp³-hybridized carbons (Fsp3) is 0.368. The Morgan fingerprint density at radius 3 is 2.38 bits per heavy atom. The number of halogens is 3. The molecule has 2 aromatic rings. The number of carbonyl (C=O) groups is 2. The summed E-state index contributed by atoms with van der Waals surface area (Å²) in [6, 6.07) is 10.8. The third kappa shape index (κ3) is 5.47. The van der Waals surface area contributed by atoms with Crippen molar-refractivity contribution in [1.82, 2.24) is 4.57 Å². The molecule has 0 radical (unpaired) electrons. The maximum absolute atomic E-state index is 12.6. The second-order valence-electron chi connectivity index (χ2n) is 6.06. The molecule has 0 saturated carbocycles. The molecule has 0 aliphatic heterocycles. The highest BCUT2D eigenvalue weighted by molar-refractivity contribution is 5.99. The normalized spacial score (nSPS) is 11.4. The number of Topliss-reactive ketones (excluding diaryl/α,β-unsaturated/α-hetero) is 1. The van der Waals surface area contributed by atoms with Crippen LogP contribution in [0.4, 0.5) is 13.2 Å². The van der Waals surface area contributed by atoms with Gasteiger partial charge in [-0.25, -0.2) is 0 Å². The lowest BCUT2D eigenvalue weighted by molar-refractivity contribution is -0.142. The van der Waals surface area contributed by atoms with E-state index in [1.165, 1.54) is 19.9 Å². The molecule has 0 fully saturated rings. The SMILES string of the molecule is Cc1cc(C(=O)COC(=O)CCc2ccccc2)c(C)n1CC(F)(F)F. The highest BCUT2D eigenvalue weighted by Crippen LogP contribution is 2.23. The molecule has 140 valence electrons. The van der Waals surface area contributed by atoms with Crippen LogP contribution in [0.2, 0.25) is 0 Å². The summed E-state index contributed by atoms with van der Waals surface area (Å²) in [7, 11) is 0. The Hall–Kier alpha value is -2.57. The number of ketones is 1. The molecule has 1 heterocycles. The lowest BCUT2D eigenvalue weighted by atomic mass is 10.1. The van der Waals surface area contributed by atoms with Crippen LogP contribution in [0.15, 0.2) is 36.4 Å². The van der Waals surface area contributed by atoms with E-state index in [9.17, 15) is 22.8 Å². The van der Waals surface area contributed by atoms with Gasteiger partial charge in [0.15, 0.2) is 6.61 Å². The molecule has 0 unspecified atom stereocenters. The summed E-state index contributed by atoms with van der Waals surface area (Å²) in [6.45, 7) is 1.31. The maximum atomic E-state index is 12.6. The second-order valence-corrected chi connectivity index (χ2v) is 6.06. The summed E-state index contributed by atoms with van der Waals surface area (Å²) in [5.41, 5.74) is 1.66. The Morgan fingerprint density at radius 2 is 1.77 bits per heavy atom. The maximum Gasteiger partial charge on any atom is 0.406 e. The summed E-state index contributed by atoms with van der Waals surface area (Å²) < 4.78 is 43.8. The van der Waals surface area contributed by atoms with Crippen LogP contribution in [0, 0.1) is 13.8 Å². The van der Waals surface area contributed by atoms with Gasteiger partial charge in [0.2, 0.25) is 5.78 Å². The van der Waals surface area contributed by atoms with Gasteiger partial charge < -0.3 is 9.30 Å². The summed E-state index contributed by atoms with van der Waals surface area (Å²) in [6.07, 6.45) is -3.75. The number of carbonyl (C=O) groups excluding carboxylic acids is 2. The number of hydrogen-bond donors (Lipinski definition) is 0. The Bertz CT molecular complexity index is 779. The molecule has 2 rings (SSSR count). The Morgan fingerprint density at radius 1 is 1.12 bits per heavy atom. The fourth-order valence-corrected chi connectivity index (χ4v) is 2.69. The zero-order chi connectivity index (χ0) is 19.3. The van der Waals surface area contributed by atoms with Crippen molar-refractivity contribution in [1.29, 1.82) is 0 Å². The molecule has 4 nitrogen and oxygen atoms in total. The predicted molar refractivity (Wildman–Crippen MR) is 90.0 cm³/mol. The molecule has 0 N–H and O–H groups in total. The molecule has 7 heteroatoms. The van der Waals surface area contributed by atoms with E-state index in [2.05, 4.69) is 0 Å². The Labute approximate surface area is 149 Å². The standard InChI is InChI=1S/C19H20F3NO3/c1-13-10-16(14(2)23(13)12-19(20,21)22)17(24)11-26-18(25)9-8-15-6-4-3-5-7-15/h3-7,10H,8-9,11-12H2,1-2H3. The van der Waals surface area contributed by atoms with Crippen LogP contribution in [-0.2, 0) is 22.5 Å².